The zero-order valence-corrected chi connectivity index (χ0v) is 12.7. The summed E-state index contributed by atoms with van der Waals surface area (Å²) in [6, 6.07) is 13.4. The lowest BCUT2D eigenvalue weighted by atomic mass is 10.1. The lowest BCUT2D eigenvalue weighted by Gasteiger charge is -2.07. The van der Waals surface area contributed by atoms with Crippen molar-refractivity contribution >= 4 is 11.7 Å². The molecule has 0 saturated heterocycles. The summed E-state index contributed by atoms with van der Waals surface area (Å²) in [7, 11) is 0. The molecule has 2 aromatic carbocycles. The first-order valence-electron chi connectivity index (χ1n) is 7.19. The summed E-state index contributed by atoms with van der Waals surface area (Å²) in [6.07, 6.45) is 0.233. The summed E-state index contributed by atoms with van der Waals surface area (Å²) in [5.74, 6) is 0.406. The predicted octanol–water partition coefficient (Wildman–Crippen LogP) is 3.28. The van der Waals surface area contributed by atoms with Gasteiger partial charge in [0.25, 0.3) is 5.69 Å². The van der Waals surface area contributed by atoms with Gasteiger partial charge in [0.05, 0.1) is 18.0 Å². The summed E-state index contributed by atoms with van der Waals surface area (Å²) >= 11 is 0. The van der Waals surface area contributed by atoms with Crippen LogP contribution in [0.2, 0.25) is 0 Å². The molecular formula is C17H17NO5. The number of carbonyl (C=O) groups excluding carboxylic acids is 1. The molecule has 2 rings (SSSR count). The fraction of sp³-hybridized carbons (Fsp3) is 0.235. The molecule has 0 aliphatic rings. The molecule has 0 aliphatic heterocycles. The molecule has 0 aliphatic carbocycles. The lowest BCUT2D eigenvalue weighted by molar-refractivity contribution is -0.384. The van der Waals surface area contributed by atoms with Crippen molar-refractivity contribution in [3.05, 3.63) is 69.8 Å². The maximum Gasteiger partial charge on any atom is 0.310 e. The Labute approximate surface area is 133 Å². The van der Waals surface area contributed by atoms with Gasteiger partial charge in [-0.25, -0.2) is 0 Å². The molecule has 0 spiro atoms. The van der Waals surface area contributed by atoms with Gasteiger partial charge in [0, 0.05) is 12.1 Å². The average Bonchev–Trinajstić information content (AvgIpc) is 2.55. The quantitative estimate of drug-likeness (QED) is 0.445. The number of nitrogens with zero attached hydrogens (tertiary/aromatic N) is 1. The number of hydrogen-bond acceptors (Lipinski definition) is 5. The Morgan fingerprint density at radius 3 is 2.22 bits per heavy atom. The summed E-state index contributed by atoms with van der Waals surface area (Å²) in [6.45, 7) is 2.46. The molecule has 0 heterocycles. The van der Waals surface area contributed by atoms with Crippen molar-refractivity contribution in [3.63, 3.8) is 0 Å². The highest BCUT2D eigenvalue weighted by Crippen LogP contribution is 2.17. The van der Waals surface area contributed by atoms with E-state index in [1.54, 1.807) is 31.2 Å². The Morgan fingerprint density at radius 1 is 1.04 bits per heavy atom. The fourth-order valence-corrected chi connectivity index (χ4v) is 1.96. The van der Waals surface area contributed by atoms with Gasteiger partial charge in [-0.1, -0.05) is 12.1 Å². The van der Waals surface area contributed by atoms with E-state index in [1.807, 2.05) is 12.1 Å². The van der Waals surface area contributed by atoms with E-state index in [-0.39, 0.29) is 18.1 Å². The molecule has 0 aromatic heterocycles. The van der Waals surface area contributed by atoms with Crippen molar-refractivity contribution in [2.24, 2.45) is 0 Å². The van der Waals surface area contributed by atoms with Crippen molar-refractivity contribution in [2.75, 3.05) is 6.61 Å². The monoisotopic (exact) mass is 315 g/mol. The van der Waals surface area contributed by atoms with Crippen molar-refractivity contribution < 1.29 is 19.2 Å². The Kier molecular flexibility index (Phi) is 5.68. The second kappa shape index (κ2) is 7.93. The van der Waals surface area contributed by atoms with Crippen LogP contribution in [0.5, 0.6) is 5.75 Å². The van der Waals surface area contributed by atoms with Gasteiger partial charge in [0.1, 0.15) is 12.4 Å². The molecule has 0 bridgehead atoms. The molecule has 0 radical (unpaired) electrons. The minimum atomic E-state index is -0.438. The fourth-order valence-electron chi connectivity index (χ4n) is 1.96. The predicted molar refractivity (Wildman–Crippen MR) is 84.2 cm³/mol. The molecule has 0 amide bonds. The van der Waals surface area contributed by atoms with Gasteiger partial charge in [0.15, 0.2) is 0 Å². The van der Waals surface area contributed by atoms with Crippen LogP contribution in [0.3, 0.4) is 0 Å². The Bertz CT molecular complexity index is 664. The second-order valence-corrected chi connectivity index (χ2v) is 4.84. The molecular weight excluding hydrogens is 298 g/mol. The van der Waals surface area contributed by atoms with Crippen LogP contribution in [-0.2, 0) is 22.6 Å². The number of nitro groups is 1. The lowest BCUT2D eigenvalue weighted by Crippen LogP contribution is -2.07. The third-order valence-electron chi connectivity index (χ3n) is 3.13. The Balaban J connectivity index is 1.88. The van der Waals surface area contributed by atoms with E-state index in [0.717, 1.165) is 11.1 Å². The Morgan fingerprint density at radius 2 is 1.65 bits per heavy atom. The van der Waals surface area contributed by atoms with E-state index in [0.29, 0.717) is 19.0 Å². The highest BCUT2D eigenvalue weighted by Gasteiger charge is 2.06. The van der Waals surface area contributed by atoms with E-state index >= 15 is 0 Å². The summed E-state index contributed by atoms with van der Waals surface area (Å²) in [5, 5.41) is 10.6. The number of benzene rings is 2. The molecule has 23 heavy (non-hydrogen) atoms. The van der Waals surface area contributed by atoms with E-state index in [2.05, 4.69) is 0 Å². The zero-order valence-electron chi connectivity index (χ0n) is 12.7. The number of esters is 1. The van der Waals surface area contributed by atoms with Crippen molar-refractivity contribution in [2.45, 2.75) is 20.0 Å². The number of rotatable bonds is 7. The van der Waals surface area contributed by atoms with Gasteiger partial charge in [0.2, 0.25) is 0 Å². The van der Waals surface area contributed by atoms with Crippen LogP contribution >= 0.6 is 0 Å². The molecule has 0 N–H and O–H groups in total. The van der Waals surface area contributed by atoms with Crippen LogP contribution in [0, 0.1) is 10.1 Å². The summed E-state index contributed by atoms with van der Waals surface area (Å²) in [4.78, 5) is 21.5. The van der Waals surface area contributed by atoms with Crippen molar-refractivity contribution in [3.8, 4) is 5.75 Å². The number of nitro benzene ring substituents is 1. The first-order valence-corrected chi connectivity index (χ1v) is 7.19. The third-order valence-corrected chi connectivity index (χ3v) is 3.13. The van der Waals surface area contributed by atoms with E-state index in [9.17, 15) is 14.9 Å². The van der Waals surface area contributed by atoms with Gasteiger partial charge < -0.3 is 9.47 Å². The standard InChI is InChI=1S/C17H17NO5/c1-2-22-17(19)11-13-5-9-16(10-6-13)23-12-14-3-7-15(8-4-14)18(20)21/h3-10H,2,11-12H2,1H3. The maximum absolute atomic E-state index is 11.4. The summed E-state index contributed by atoms with van der Waals surface area (Å²) < 4.78 is 10.5. The smallest absolute Gasteiger partial charge is 0.310 e. The first-order chi connectivity index (χ1) is 11.1. The van der Waals surface area contributed by atoms with Gasteiger partial charge >= 0.3 is 5.97 Å². The molecule has 0 unspecified atom stereocenters. The number of ether oxygens (including phenoxy) is 2. The van der Waals surface area contributed by atoms with Gasteiger partial charge in [-0.2, -0.15) is 0 Å². The number of hydrogen-bond donors (Lipinski definition) is 0. The number of carbonyl (C=O) groups is 1. The molecule has 0 saturated carbocycles. The first kappa shape index (κ1) is 16.5. The van der Waals surface area contributed by atoms with E-state index in [1.165, 1.54) is 12.1 Å². The van der Waals surface area contributed by atoms with E-state index < -0.39 is 4.92 Å². The SMILES string of the molecule is CCOC(=O)Cc1ccc(OCc2ccc([N+](=O)[O-])cc2)cc1. The van der Waals surface area contributed by atoms with Crippen LogP contribution in [-0.4, -0.2) is 17.5 Å². The minimum absolute atomic E-state index is 0.0528. The molecule has 120 valence electrons. The highest BCUT2D eigenvalue weighted by molar-refractivity contribution is 5.72. The topological polar surface area (TPSA) is 78.7 Å². The molecule has 2 aromatic rings. The summed E-state index contributed by atoms with van der Waals surface area (Å²) in [5.41, 5.74) is 1.74. The van der Waals surface area contributed by atoms with Crippen LogP contribution < -0.4 is 4.74 Å². The van der Waals surface area contributed by atoms with Crippen molar-refractivity contribution in [1.29, 1.82) is 0 Å². The largest absolute Gasteiger partial charge is 0.489 e. The van der Waals surface area contributed by atoms with Crippen molar-refractivity contribution in [1.82, 2.24) is 0 Å². The van der Waals surface area contributed by atoms with Gasteiger partial charge in [-0.05, 0) is 42.3 Å². The van der Waals surface area contributed by atoms with Crippen LogP contribution in [0.4, 0.5) is 5.69 Å². The average molecular weight is 315 g/mol. The Hall–Kier alpha value is -2.89. The zero-order chi connectivity index (χ0) is 16.7. The molecule has 6 nitrogen and oxygen atoms in total. The minimum Gasteiger partial charge on any atom is -0.489 e. The highest BCUT2D eigenvalue weighted by atomic mass is 16.6. The van der Waals surface area contributed by atoms with Crippen LogP contribution in [0.15, 0.2) is 48.5 Å². The molecule has 0 fully saturated rings. The second-order valence-electron chi connectivity index (χ2n) is 4.84. The van der Waals surface area contributed by atoms with E-state index in [4.69, 9.17) is 9.47 Å². The number of non-ortho nitro benzene ring substituents is 1. The van der Waals surface area contributed by atoms with Gasteiger partial charge in [-0.3, -0.25) is 14.9 Å². The molecule has 0 atom stereocenters. The third kappa shape index (κ3) is 5.10. The maximum atomic E-state index is 11.4. The van der Waals surface area contributed by atoms with Crippen LogP contribution in [0.25, 0.3) is 0 Å². The van der Waals surface area contributed by atoms with Crippen LogP contribution in [0.1, 0.15) is 18.1 Å². The molecule has 6 heteroatoms. The van der Waals surface area contributed by atoms with Gasteiger partial charge in [-0.15, -0.1) is 0 Å². The normalized spacial score (nSPS) is 10.1.